The van der Waals surface area contributed by atoms with Crippen LogP contribution in [0.1, 0.15) is 21.5 Å². The summed E-state index contributed by atoms with van der Waals surface area (Å²) < 4.78 is 22.9. The number of nitrogens with one attached hydrogen (secondary N) is 1. The van der Waals surface area contributed by atoms with Crippen LogP contribution < -0.4 is 19.5 Å². The SMILES string of the molecule is COC(=O)C=Cc1ccc(OCCNC(=O)c2cnc(-n3cccn3)nc2OCc2ccc(OC)cc2)cc1. The predicted octanol–water partition coefficient (Wildman–Crippen LogP) is 3.24. The van der Waals surface area contributed by atoms with Crippen molar-refractivity contribution >= 4 is 18.0 Å². The molecule has 1 amide bonds. The number of hydrogen-bond donors (Lipinski definition) is 1. The van der Waals surface area contributed by atoms with E-state index in [1.54, 1.807) is 55.9 Å². The Morgan fingerprint density at radius 2 is 1.77 bits per heavy atom. The Morgan fingerprint density at radius 3 is 2.46 bits per heavy atom. The number of ether oxygens (including phenoxy) is 4. The van der Waals surface area contributed by atoms with Gasteiger partial charge in [0, 0.05) is 24.7 Å². The first kappa shape index (κ1) is 26.9. The van der Waals surface area contributed by atoms with Crippen LogP contribution in [0.25, 0.3) is 12.0 Å². The van der Waals surface area contributed by atoms with Crippen LogP contribution in [0.5, 0.6) is 17.4 Å². The Hall–Kier alpha value is -5.19. The fourth-order valence-electron chi connectivity index (χ4n) is 3.33. The third kappa shape index (κ3) is 7.65. The maximum absolute atomic E-state index is 13.0. The number of methoxy groups -OCH3 is 2. The number of hydrogen-bond acceptors (Lipinski definition) is 9. The van der Waals surface area contributed by atoms with E-state index in [-0.39, 0.29) is 37.2 Å². The molecular weight excluding hydrogens is 502 g/mol. The molecule has 0 fully saturated rings. The van der Waals surface area contributed by atoms with Gasteiger partial charge in [0.05, 0.1) is 20.8 Å². The smallest absolute Gasteiger partial charge is 0.330 e. The molecule has 0 saturated carbocycles. The molecule has 200 valence electrons. The molecule has 39 heavy (non-hydrogen) atoms. The Kier molecular flexibility index (Phi) is 9.22. The van der Waals surface area contributed by atoms with E-state index in [1.807, 2.05) is 24.3 Å². The first-order valence-corrected chi connectivity index (χ1v) is 12.0. The molecule has 2 heterocycles. The van der Waals surface area contributed by atoms with Gasteiger partial charge < -0.3 is 24.3 Å². The number of aromatic nitrogens is 4. The van der Waals surface area contributed by atoms with Gasteiger partial charge >= 0.3 is 5.97 Å². The van der Waals surface area contributed by atoms with Crippen LogP contribution in [0.2, 0.25) is 0 Å². The molecule has 0 aliphatic heterocycles. The highest BCUT2D eigenvalue weighted by Crippen LogP contribution is 2.19. The lowest BCUT2D eigenvalue weighted by atomic mass is 10.2. The van der Waals surface area contributed by atoms with Gasteiger partial charge in [-0.25, -0.2) is 14.5 Å². The van der Waals surface area contributed by atoms with Gasteiger partial charge in [-0.05, 0) is 47.5 Å². The zero-order valence-electron chi connectivity index (χ0n) is 21.4. The van der Waals surface area contributed by atoms with Crippen LogP contribution in [0.4, 0.5) is 0 Å². The lowest BCUT2D eigenvalue weighted by Gasteiger charge is -2.13. The second-order valence-electron chi connectivity index (χ2n) is 8.01. The molecule has 1 N–H and O–H groups in total. The molecule has 0 bridgehead atoms. The zero-order chi connectivity index (χ0) is 27.5. The number of esters is 1. The van der Waals surface area contributed by atoms with Gasteiger partial charge in [-0.1, -0.05) is 24.3 Å². The monoisotopic (exact) mass is 529 g/mol. The fourth-order valence-corrected chi connectivity index (χ4v) is 3.33. The number of rotatable bonds is 12. The minimum absolute atomic E-state index is 0.125. The summed E-state index contributed by atoms with van der Waals surface area (Å²) in [6.07, 6.45) is 7.69. The summed E-state index contributed by atoms with van der Waals surface area (Å²) in [6, 6.07) is 16.3. The van der Waals surface area contributed by atoms with E-state index in [4.69, 9.17) is 14.2 Å². The topological polar surface area (TPSA) is 127 Å². The maximum Gasteiger partial charge on any atom is 0.330 e. The van der Waals surface area contributed by atoms with Gasteiger partial charge in [-0.2, -0.15) is 10.1 Å². The summed E-state index contributed by atoms with van der Waals surface area (Å²) in [4.78, 5) is 32.8. The number of carbonyl (C=O) groups is 2. The minimum Gasteiger partial charge on any atom is -0.497 e. The number of carbonyl (C=O) groups excluding carboxylic acids is 2. The molecule has 11 heteroatoms. The first-order valence-electron chi connectivity index (χ1n) is 12.0. The van der Waals surface area contributed by atoms with Gasteiger partial charge in [0.2, 0.25) is 5.88 Å². The van der Waals surface area contributed by atoms with Gasteiger partial charge in [0.25, 0.3) is 11.9 Å². The highest BCUT2D eigenvalue weighted by molar-refractivity contribution is 5.96. The van der Waals surface area contributed by atoms with E-state index in [1.165, 1.54) is 24.1 Å². The number of nitrogens with zero attached hydrogens (tertiary/aromatic N) is 4. The van der Waals surface area contributed by atoms with Crippen LogP contribution in [0, 0.1) is 0 Å². The van der Waals surface area contributed by atoms with Crippen molar-refractivity contribution in [1.82, 2.24) is 25.1 Å². The second kappa shape index (κ2) is 13.4. The number of benzene rings is 2. The first-order chi connectivity index (χ1) is 19.1. The van der Waals surface area contributed by atoms with Crippen molar-refractivity contribution in [2.24, 2.45) is 0 Å². The molecule has 2 aromatic heterocycles. The standard InChI is InChI=1S/C28H27N5O6/c1-36-22-9-6-21(7-10-22)19-39-27-24(18-30-28(32-27)33-16-3-14-31-33)26(35)29-15-17-38-23-11-4-20(5-12-23)8-13-25(34)37-2/h3-14,16,18H,15,17,19H2,1-2H3,(H,29,35). The Bertz CT molecular complexity index is 1400. The summed E-state index contributed by atoms with van der Waals surface area (Å²) in [7, 11) is 2.92. The van der Waals surface area contributed by atoms with Crippen molar-refractivity contribution < 1.29 is 28.5 Å². The molecule has 0 aliphatic rings. The zero-order valence-corrected chi connectivity index (χ0v) is 21.4. The molecule has 2 aromatic carbocycles. The maximum atomic E-state index is 13.0. The average molecular weight is 530 g/mol. The molecule has 0 radical (unpaired) electrons. The van der Waals surface area contributed by atoms with E-state index >= 15 is 0 Å². The molecule has 0 saturated heterocycles. The summed E-state index contributed by atoms with van der Waals surface area (Å²) in [5.74, 6) is 0.917. The Morgan fingerprint density at radius 1 is 1.00 bits per heavy atom. The number of amides is 1. The van der Waals surface area contributed by atoms with Crippen LogP contribution in [0.15, 0.2) is 79.3 Å². The Balaban J connectivity index is 1.36. The summed E-state index contributed by atoms with van der Waals surface area (Å²) in [5, 5.41) is 6.94. The Labute approximate surface area is 225 Å². The van der Waals surface area contributed by atoms with Crippen molar-refractivity contribution in [3.05, 3.63) is 96.0 Å². The van der Waals surface area contributed by atoms with Gasteiger partial charge in [0.1, 0.15) is 30.3 Å². The van der Waals surface area contributed by atoms with Crippen LogP contribution in [-0.4, -0.2) is 59.0 Å². The second-order valence-corrected chi connectivity index (χ2v) is 8.01. The van der Waals surface area contributed by atoms with E-state index < -0.39 is 11.9 Å². The van der Waals surface area contributed by atoms with Gasteiger partial charge in [0.15, 0.2) is 0 Å². The molecule has 0 spiro atoms. The van der Waals surface area contributed by atoms with Crippen molar-refractivity contribution in [2.75, 3.05) is 27.4 Å². The normalized spacial score (nSPS) is 10.7. The third-order valence-corrected chi connectivity index (χ3v) is 5.38. The lowest BCUT2D eigenvalue weighted by molar-refractivity contribution is -0.134. The molecular formula is C28H27N5O6. The lowest BCUT2D eigenvalue weighted by Crippen LogP contribution is -2.29. The van der Waals surface area contributed by atoms with Crippen LogP contribution in [-0.2, 0) is 16.1 Å². The fraction of sp³-hybridized carbons (Fsp3) is 0.179. The average Bonchev–Trinajstić information content (AvgIpc) is 3.53. The van der Waals surface area contributed by atoms with Crippen LogP contribution in [0.3, 0.4) is 0 Å². The van der Waals surface area contributed by atoms with Crippen LogP contribution >= 0.6 is 0 Å². The summed E-state index contributed by atoms with van der Waals surface area (Å²) >= 11 is 0. The van der Waals surface area contributed by atoms with Crippen molar-refractivity contribution in [3.63, 3.8) is 0 Å². The third-order valence-electron chi connectivity index (χ3n) is 5.38. The minimum atomic E-state index is -0.429. The van der Waals surface area contributed by atoms with E-state index in [9.17, 15) is 9.59 Å². The molecule has 11 nitrogen and oxygen atoms in total. The quantitative estimate of drug-likeness (QED) is 0.167. The highest BCUT2D eigenvalue weighted by Gasteiger charge is 2.17. The van der Waals surface area contributed by atoms with Crippen molar-refractivity contribution in [2.45, 2.75) is 6.61 Å². The summed E-state index contributed by atoms with van der Waals surface area (Å²) in [6.45, 7) is 0.659. The molecule has 4 rings (SSSR count). The summed E-state index contributed by atoms with van der Waals surface area (Å²) in [5.41, 5.74) is 1.88. The van der Waals surface area contributed by atoms with E-state index in [2.05, 4.69) is 25.1 Å². The largest absolute Gasteiger partial charge is 0.497 e. The molecule has 0 atom stereocenters. The van der Waals surface area contributed by atoms with Crippen molar-refractivity contribution in [1.29, 1.82) is 0 Å². The molecule has 0 unspecified atom stereocenters. The van der Waals surface area contributed by atoms with Gasteiger partial charge in [-0.3, -0.25) is 4.79 Å². The van der Waals surface area contributed by atoms with E-state index in [0.29, 0.717) is 5.75 Å². The predicted molar refractivity (Wildman–Crippen MR) is 142 cm³/mol. The van der Waals surface area contributed by atoms with E-state index in [0.717, 1.165) is 16.9 Å². The molecule has 0 aliphatic carbocycles. The van der Waals surface area contributed by atoms with Crippen molar-refractivity contribution in [3.8, 4) is 23.3 Å². The van der Waals surface area contributed by atoms with Gasteiger partial charge in [-0.15, -0.1) is 0 Å². The highest BCUT2D eigenvalue weighted by atomic mass is 16.5. The molecule has 4 aromatic rings.